The summed E-state index contributed by atoms with van der Waals surface area (Å²) < 4.78 is 15.8. The molecule has 2 rings (SSSR count). The van der Waals surface area contributed by atoms with Crippen LogP contribution in [0.4, 0.5) is 6.01 Å². The highest BCUT2D eigenvalue weighted by Crippen LogP contribution is 2.12. The van der Waals surface area contributed by atoms with E-state index in [0.717, 1.165) is 10.5 Å². The molecule has 1 atom stereocenters. The van der Waals surface area contributed by atoms with Gasteiger partial charge in [-0.3, -0.25) is 0 Å². The molecular weight excluding hydrogens is 238 g/mol. The monoisotopic (exact) mass is 249 g/mol. The normalized spacial score (nSPS) is 13.1. The zero-order chi connectivity index (χ0) is 12.3. The van der Waals surface area contributed by atoms with Crippen molar-refractivity contribution in [3.05, 3.63) is 35.7 Å². The van der Waals surface area contributed by atoms with Crippen molar-refractivity contribution in [1.29, 1.82) is 0 Å². The van der Waals surface area contributed by atoms with Gasteiger partial charge in [0, 0.05) is 0 Å². The number of hydrogen-bond acceptors (Lipinski definition) is 5. The lowest BCUT2D eigenvalue weighted by Gasteiger charge is -2.03. The summed E-state index contributed by atoms with van der Waals surface area (Å²) in [5.41, 5.74) is 6.25. The van der Waals surface area contributed by atoms with E-state index in [1.807, 2.05) is 30.3 Å². The van der Waals surface area contributed by atoms with E-state index in [1.54, 1.807) is 12.3 Å². The molecule has 0 aliphatic carbocycles. The molecule has 2 aromatic rings. The standard InChI is InChI=1S/C11H11N3O2S/c1-17(15)9-5-2-8(3-6-9)4-7-10-13-11(12)16-14-10/h2-7H,1H3,(H2,12,13,14). The van der Waals surface area contributed by atoms with E-state index in [1.165, 1.54) is 0 Å². The highest BCUT2D eigenvalue weighted by atomic mass is 32.2. The van der Waals surface area contributed by atoms with Crippen LogP contribution in [0, 0.1) is 0 Å². The van der Waals surface area contributed by atoms with Gasteiger partial charge in [0.1, 0.15) is 6.26 Å². The number of hydrogen-bond donors (Lipinski definition) is 1. The first-order valence-corrected chi connectivity index (χ1v) is 6.42. The molecule has 2 N–H and O–H groups in total. The van der Waals surface area contributed by atoms with Gasteiger partial charge in [0.05, 0.1) is 0 Å². The smallest absolute Gasteiger partial charge is 0.319 e. The fraction of sp³-hybridized carbons (Fsp3) is 0.0909. The number of nitrogen functional groups attached to an aromatic ring is 1. The van der Waals surface area contributed by atoms with Crippen molar-refractivity contribution in [3.8, 4) is 0 Å². The molecule has 0 saturated carbocycles. The summed E-state index contributed by atoms with van der Waals surface area (Å²) in [5, 5.41) is 3.63. The van der Waals surface area contributed by atoms with E-state index in [2.05, 4.69) is 14.7 Å². The van der Waals surface area contributed by atoms with Crippen LogP contribution >= 0.6 is 0 Å². The second kappa shape index (κ2) is 5.03. The third-order valence-corrected chi connectivity index (χ3v) is 3.03. The average Bonchev–Trinajstić information content (AvgIpc) is 2.73. The molecule has 0 spiro atoms. The van der Waals surface area contributed by atoms with Gasteiger partial charge in [0.2, 0.25) is 0 Å². The van der Waals surface area contributed by atoms with Gasteiger partial charge >= 0.3 is 6.01 Å². The lowest BCUT2D eigenvalue weighted by Crippen LogP contribution is -1.96. The van der Waals surface area contributed by atoms with E-state index >= 15 is 0 Å². The van der Waals surface area contributed by atoms with Gasteiger partial charge in [-0.1, -0.05) is 11.2 Å². The first-order valence-electron chi connectivity index (χ1n) is 4.86. The Hall–Kier alpha value is -1.79. The predicted molar refractivity (Wildman–Crippen MR) is 66.4 cm³/mol. The molecule has 1 aromatic carbocycles. The first kappa shape index (κ1) is 11.7. The maximum atomic E-state index is 11.2. The zero-order valence-corrected chi connectivity index (χ0v) is 9.98. The van der Waals surface area contributed by atoms with Crippen molar-refractivity contribution in [1.82, 2.24) is 10.1 Å². The number of nitrogens with two attached hydrogens (primary N) is 1. The Morgan fingerprint density at radius 3 is 2.53 bits per heavy atom. The van der Waals surface area contributed by atoms with Crippen molar-refractivity contribution in [2.75, 3.05) is 12.0 Å². The summed E-state index contributed by atoms with van der Waals surface area (Å²) in [6.07, 6.45) is 5.16. The van der Waals surface area contributed by atoms with Gasteiger partial charge in [0.15, 0.2) is 10.7 Å². The topological polar surface area (TPSA) is 88.0 Å². The van der Waals surface area contributed by atoms with Crippen LogP contribution in [0.2, 0.25) is 0 Å². The largest absolute Gasteiger partial charge is 0.612 e. The van der Waals surface area contributed by atoms with Crippen LogP contribution in [0.5, 0.6) is 0 Å². The minimum atomic E-state index is -0.954. The molecule has 0 radical (unpaired) electrons. The molecule has 6 heteroatoms. The van der Waals surface area contributed by atoms with Crippen LogP contribution in [0.15, 0.2) is 33.7 Å². The molecule has 0 amide bonds. The van der Waals surface area contributed by atoms with Crippen molar-refractivity contribution in [2.24, 2.45) is 0 Å². The van der Waals surface area contributed by atoms with Gasteiger partial charge < -0.3 is 14.8 Å². The average molecular weight is 249 g/mol. The van der Waals surface area contributed by atoms with Crippen LogP contribution < -0.4 is 5.73 Å². The Bertz CT molecular complexity index is 520. The third kappa shape index (κ3) is 3.08. The minimum Gasteiger partial charge on any atom is -0.612 e. The zero-order valence-electron chi connectivity index (χ0n) is 9.16. The number of rotatable bonds is 3. The predicted octanol–water partition coefficient (Wildman–Crippen LogP) is 1.56. The number of nitrogens with zero attached hydrogens (tertiary/aromatic N) is 2. The number of aromatic nitrogens is 2. The molecule has 1 unspecified atom stereocenters. The number of anilines is 1. The van der Waals surface area contributed by atoms with Crippen LogP contribution in [-0.2, 0) is 11.2 Å². The summed E-state index contributed by atoms with van der Waals surface area (Å²) >= 11 is -0.954. The molecule has 0 aliphatic rings. The van der Waals surface area contributed by atoms with E-state index in [-0.39, 0.29) is 6.01 Å². The summed E-state index contributed by atoms with van der Waals surface area (Å²) in [7, 11) is 0. The van der Waals surface area contributed by atoms with Crippen LogP contribution in [0.25, 0.3) is 12.2 Å². The summed E-state index contributed by atoms with van der Waals surface area (Å²) in [5.74, 6) is 0.422. The Balaban J connectivity index is 2.11. The van der Waals surface area contributed by atoms with E-state index in [4.69, 9.17) is 5.73 Å². The molecule has 17 heavy (non-hydrogen) atoms. The highest BCUT2D eigenvalue weighted by Gasteiger charge is 2.02. The van der Waals surface area contributed by atoms with Crippen LogP contribution in [-0.4, -0.2) is 20.9 Å². The van der Waals surface area contributed by atoms with Crippen molar-refractivity contribution >= 4 is 29.3 Å². The fourth-order valence-corrected chi connectivity index (χ4v) is 1.78. The maximum Gasteiger partial charge on any atom is 0.319 e. The van der Waals surface area contributed by atoms with Crippen molar-refractivity contribution in [3.63, 3.8) is 0 Å². The highest BCUT2D eigenvalue weighted by molar-refractivity contribution is 7.90. The molecule has 0 aliphatic heterocycles. The molecule has 88 valence electrons. The van der Waals surface area contributed by atoms with Gasteiger partial charge in [0.25, 0.3) is 0 Å². The summed E-state index contributed by atoms with van der Waals surface area (Å²) in [4.78, 5) is 4.63. The minimum absolute atomic E-state index is 0.0429. The second-order valence-corrected chi connectivity index (χ2v) is 4.73. The maximum absolute atomic E-state index is 11.2. The lowest BCUT2D eigenvalue weighted by molar-refractivity contribution is 0.433. The fourth-order valence-electron chi connectivity index (χ4n) is 1.26. The van der Waals surface area contributed by atoms with Crippen molar-refractivity contribution in [2.45, 2.75) is 4.90 Å². The number of benzene rings is 1. The van der Waals surface area contributed by atoms with Crippen LogP contribution in [0.1, 0.15) is 11.4 Å². The third-order valence-electron chi connectivity index (χ3n) is 2.09. The van der Waals surface area contributed by atoms with Crippen LogP contribution in [0.3, 0.4) is 0 Å². The lowest BCUT2D eigenvalue weighted by atomic mass is 10.2. The second-order valence-electron chi connectivity index (χ2n) is 3.35. The molecule has 5 nitrogen and oxygen atoms in total. The Morgan fingerprint density at radius 1 is 1.29 bits per heavy atom. The van der Waals surface area contributed by atoms with Gasteiger partial charge in [-0.25, -0.2) is 0 Å². The Morgan fingerprint density at radius 2 is 2.00 bits per heavy atom. The molecule has 1 aromatic heterocycles. The van der Waals surface area contributed by atoms with Gasteiger partial charge in [-0.15, -0.1) is 0 Å². The van der Waals surface area contributed by atoms with Gasteiger partial charge in [-0.2, -0.15) is 4.98 Å². The summed E-state index contributed by atoms with van der Waals surface area (Å²) in [6, 6.07) is 7.43. The molecule has 1 heterocycles. The first-order chi connectivity index (χ1) is 8.15. The SMILES string of the molecule is C[S+]([O-])c1ccc(C=Cc2noc(N)n2)cc1. The summed E-state index contributed by atoms with van der Waals surface area (Å²) in [6.45, 7) is 0. The molecule has 0 bridgehead atoms. The van der Waals surface area contributed by atoms with E-state index in [0.29, 0.717) is 5.82 Å². The van der Waals surface area contributed by atoms with E-state index in [9.17, 15) is 4.55 Å². The van der Waals surface area contributed by atoms with Crippen molar-refractivity contribution < 1.29 is 9.08 Å². The Kier molecular flexibility index (Phi) is 3.46. The Labute approximate surface area is 102 Å². The molecule has 0 fully saturated rings. The van der Waals surface area contributed by atoms with E-state index < -0.39 is 11.2 Å². The van der Waals surface area contributed by atoms with Gasteiger partial charge in [-0.05, 0) is 47.1 Å². The molecular formula is C11H11N3O2S. The molecule has 0 saturated heterocycles. The quantitative estimate of drug-likeness (QED) is 0.834.